The fourth-order valence-electron chi connectivity index (χ4n) is 0.930. The number of carboxylic acid groups (broad SMARTS) is 1. The molecule has 6 nitrogen and oxygen atoms in total. The summed E-state index contributed by atoms with van der Waals surface area (Å²) in [5.41, 5.74) is -0.375. The summed E-state index contributed by atoms with van der Waals surface area (Å²) in [7, 11) is 1.42. The van der Waals surface area contributed by atoms with Gasteiger partial charge in [0.1, 0.15) is 0 Å². The second-order valence-electron chi connectivity index (χ2n) is 4.59. The van der Waals surface area contributed by atoms with Gasteiger partial charge >= 0.3 is 13.8 Å². The monoisotopic (exact) mass is 239 g/mol. The predicted molar refractivity (Wildman–Crippen MR) is 61.7 cm³/mol. The average Bonchev–Trinajstić information content (AvgIpc) is 2.76. The van der Waals surface area contributed by atoms with Gasteiger partial charge in [-0.05, 0) is 33.8 Å². The molecule has 1 N–H and O–H groups in total. The van der Waals surface area contributed by atoms with Crippen molar-refractivity contribution in [2.45, 2.75) is 38.9 Å². The van der Waals surface area contributed by atoms with Gasteiger partial charge in [0.2, 0.25) is 0 Å². The molecule has 1 saturated heterocycles. The highest BCUT2D eigenvalue weighted by Crippen LogP contribution is 2.33. The molecule has 1 aliphatic heterocycles. The van der Waals surface area contributed by atoms with Crippen molar-refractivity contribution in [3.05, 3.63) is 18.5 Å². The van der Waals surface area contributed by atoms with Crippen LogP contribution in [0, 0.1) is 0 Å². The van der Waals surface area contributed by atoms with Crippen LogP contribution in [0.1, 0.15) is 27.7 Å². The lowest BCUT2D eigenvalue weighted by molar-refractivity contribution is 0.00578. The van der Waals surface area contributed by atoms with Crippen molar-refractivity contribution < 1.29 is 19.2 Å². The van der Waals surface area contributed by atoms with Crippen molar-refractivity contribution in [2.75, 3.05) is 0 Å². The molecular weight excluding hydrogens is 223 g/mol. The Morgan fingerprint density at radius 3 is 2.00 bits per heavy atom. The van der Waals surface area contributed by atoms with Crippen LogP contribution < -0.4 is 0 Å². The molecule has 0 aromatic carbocycles. The Balaban J connectivity index is 0.000000171. The van der Waals surface area contributed by atoms with E-state index < -0.39 is 6.09 Å². The fraction of sp³-hybridized carbons (Fsp3) is 0.600. The van der Waals surface area contributed by atoms with Gasteiger partial charge in [0.25, 0.3) is 0 Å². The molecular formula is C10H16BN2O4. The molecule has 0 bridgehead atoms. The highest BCUT2D eigenvalue weighted by Gasteiger charge is 2.44. The standard InChI is InChI=1S/C6H12BO2.C4H4N2O2/c1-5(2)6(3,4)9-7-8-5;7-4(8)6-3-1-2-5-6/h1-4H3;1-3H,(H,7,8). The van der Waals surface area contributed by atoms with Crippen LogP contribution in [0.15, 0.2) is 18.5 Å². The number of hydrogen-bond acceptors (Lipinski definition) is 4. The summed E-state index contributed by atoms with van der Waals surface area (Å²) in [5.74, 6) is 0. The van der Waals surface area contributed by atoms with Gasteiger partial charge in [-0.15, -0.1) is 0 Å². The first-order valence-electron chi connectivity index (χ1n) is 5.16. The summed E-state index contributed by atoms with van der Waals surface area (Å²) in [6, 6.07) is 1.55. The third kappa shape index (κ3) is 3.31. The van der Waals surface area contributed by atoms with Crippen molar-refractivity contribution in [3.63, 3.8) is 0 Å². The average molecular weight is 239 g/mol. The molecule has 1 aromatic heterocycles. The Bertz CT molecular complexity index is 362. The lowest BCUT2D eigenvalue weighted by atomic mass is 9.90. The van der Waals surface area contributed by atoms with Crippen molar-refractivity contribution in [3.8, 4) is 0 Å². The smallest absolute Gasteiger partial charge is 0.463 e. The van der Waals surface area contributed by atoms with E-state index in [-0.39, 0.29) is 11.2 Å². The zero-order chi connectivity index (χ0) is 13.1. The predicted octanol–water partition coefficient (Wildman–Crippen LogP) is 1.53. The molecule has 0 saturated carbocycles. The second kappa shape index (κ2) is 4.89. The van der Waals surface area contributed by atoms with E-state index in [0.717, 1.165) is 4.68 Å². The molecule has 0 aliphatic carbocycles. The molecule has 1 aromatic rings. The Hall–Kier alpha value is -1.34. The Labute approximate surface area is 101 Å². The Morgan fingerprint density at radius 2 is 1.82 bits per heavy atom. The van der Waals surface area contributed by atoms with E-state index in [1.165, 1.54) is 20.1 Å². The molecule has 0 atom stereocenters. The van der Waals surface area contributed by atoms with E-state index in [1.807, 2.05) is 27.7 Å². The van der Waals surface area contributed by atoms with E-state index in [9.17, 15) is 4.79 Å². The first-order chi connectivity index (χ1) is 7.76. The zero-order valence-corrected chi connectivity index (χ0v) is 10.4. The van der Waals surface area contributed by atoms with Gasteiger partial charge in [0.15, 0.2) is 0 Å². The van der Waals surface area contributed by atoms with Crippen LogP contribution in [0.2, 0.25) is 0 Å². The van der Waals surface area contributed by atoms with Crippen LogP contribution in [0.5, 0.6) is 0 Å². The van der Waals surface area contributed by atoms with Gasteiger partial charge < -0.3 is 14.4 Å². The minimum Gasteiger partial charge on any atom is -0.463 e. The Kier molecular flexibility index (Phi) is 3.95. The van der Waals surface area contributed by atoms with E-state index in [4.69, 9.17) is 14.4 Å². The molecule has 17 heavy (non-hydrogen) atoms. The Morgan fingerprint density at radius 1 is 1.29 bits per heavy atom. The molecule has 0 unspecified atom stereocenters. The zero-order valence-electron chi connectivity index (χ0n) is 10.4. The molecule has 0 spiro atoms. The van der Waals surface area contributed by atoms with Gasteiger partial charge in [-0.3, -0.25) is 0 Å². The van der Waals surface area contributed by atoms with Crippen LogP contribution in [-0.4, -0.2) is 39.9 Å². The lowest BCUT2D eigenvalue weighted by Crippen LogP contribution is -2.41. The highest BCUT2D eigenvalue weighted by atomic mass is 16.7. The van der Waals surface area contributed by atoms with Crippen LogP contribution in [0.25, 0.3) is 0 Å². The summed E-state index contributed by atoms with van der Waals surface area (Å²) < 4.78 is 11.3. The van der Waals surface area contributed by atoms with E-state index >= 15 is 0 Å². The topological polar surface area (TPSA) is 73.6 Å². The maximum absolute atomic E-state index is 9.96. The largest absolute Gasteiger partial charge is 0.488 e. The summed E-state index contributed by atoms with van der Waals surface area (Å²) >= 11 is 0. The van der Waals surface area contributed by atoms with Crippen LogP contribution >= 0.6 is 0 Å². The molecule has 93 valence electrons. The number of nitrogens with zero attached hydrogens (tertiary/aromatic N) is 2. The molecule has 0 amide bonds. The highest BCUT2D eigenvalue weighted by molar-refractivity contribution is 6.19. The summed E-state index contributed by atoms with van der Waals surface area (Å²) in [4.78, 5) is 9.96. The molecule has 1 fully saturated rings. The number of hydrogen-bond donors (Lipinski definition) is 1. The molecule has 1 radical (unpaired) electrons. The maximum Gasteiger partial charge on any atom is 0.488 e. The van der Waals surface area contributed by atoms with Crippen molar-refractivity contribution in [1.82, 2.24) is 9.78 Å². The minimum absolute atomic E-state index is 0.187. The number of rotatable bonds is 0. The van der Waals surface area contributed by atoms with Crippen LogP contribution in [0.3, 0.4) is 0 Å². The molecule has 2 rings (SSSR count). The second-order valence-corrected chi connectivity index (χ2v) is 4.59. The first-order valence-corrected chi connectivity index (χ1v) is 5.16. The van der Waals surface area contributed by atoms with E-state index in [0.29, 0.717) is 0 Å². The number of aromatic nitrogens is 2. The third-order valence-corrected chi connectivity index (χ3v) is 2.84. The summed E-state index contributed by atoms with van der Waals surface area (Å²) in [6.45, 7) is 8.04. The van der Waals surface area contributed by atoms with Crippen LogP contribution in [-0.2, 0) is 9.31 Å². The fourth-order valence-corrected chi connectivity index (χ4v) is 0.930. The normalized spacial score (nSPS) is 20.0. The van der Waals surface area contributed by atoms with Gasteiger partial charge in [0, 0.05) is 12.4 Å². The van der Waals surface area contributed by atoms with Gasteiger partial charge in [-0.25, -0.2) is 4.79 Å². The lowest BCUT2D eigenvalue weighted by Gasteiger charge is -2.32. The maximum atomic E-state index is 9.96. The van der Waals surface area contributed by atoms with E-state index in [2.05, 4.69) is 5.10 Å². The minimum atomic E-state index is -1.06. The molecule has 2 heterocycles. The van der Waals surface area contributed by atoms with E-state index in [1.54, 1.807) is 6.07 Å². The summed E-state index contributed by atoms with van der Waals surface area (Å²) in [5, 5.41) is 11.6. The summed E-state index contributed by atoms with van der Waals surface area (Å²) in [6.07, 6.45) is 1.71. The van der Waals surface area contributed by atoms with Crippen LogP contribution in [0.4, 0.5) is 4.79 Å². The van der Waals surface area contributed by atoms with Crippen molar-refractivity contribution >= 4 is 13.8 Å². The number of carbonyl (C=O) groups is 1. The first kappa shape index (κ1) is 13.7. The third-order valence-electron chi connectivity index (χ3n) is 2.84. The molecule has 1 aliphatic rings. The quantitative estimate of drug-likeness (QED) is 0.695. The van der Waals surface area contributed by atoms with Gasteiger partial charge in [-0.2, -0.15) is 9.78 Å². The molecule has 7 heteroatoms. The van der Waals surface area contributed by atoms with Crippen molar-refractivity contribution in [1.29, 1.82) is 0 Å². The van der Waals surface area contributed by atoms with Gasteiger partial charge in [-0.1, -0.05) is 0 Å². The van der Waals surface area contributed by atoms with Crippen molar-refractivity contribution in [2.24, 2.45) is 0 Å². The SMILES string of the molecule is CC1(C)O[B]OC1(C)C.O=C(O)n1cccn1. The van der Waals surface area contributed by atoms with Gasteiger partial charge in [0.05, 0.1) is 11.2 Å².